The molecule has 0 fully saturated rings. The van der Waals surface area contributed by atoms with Crippen LogP contribution in [0.1, 0.15) is 16.7 Å². The summed E-state index contributed by atoms with van der Waals surface area (Å²) < 4.78 is 5.39. The van der Waals surface area contributed by atoms with Crippen molar-refractivity contribution in [2.24, 2.45) is 0 Å². The van der Waals surface area contributed by atoms with Crippen LogP contribution in [0.15, 0.2) is 48.5 Å². The predicted molar refractivity (Wildman–Crippen MR) is 90.2 cm³/mol. The monoisotopic (exact) mass is 310 g/mol. The third-order valence-electron chi connectivity index (χ3n) is 3.79. The lowest BCUT2D eigenvalue weighted by molar-refractivity contribution is 0.190. The van der Waals surface area contributed by atoms with E-state index in [2.05, 4.69) is 23.1 Å². The van der Waals surface area contributed by atoms with Crippen LogP contribution in [0, 0.1) is 11.3 Å². The first-order valence-electron chi connectivity index (χ1n) is 7.71. The maximum Gasteiger partial charge on any atom is 0.124 e. The van der Waals surface area contributed by atoms with Crippen LogP contribution in [-0.4, -0.2) is 36.8 Å². The van der Waals surface area contributed by atoms with E-state index in [-0.39, 0.29) is 6.61 Å². The van der Waals surface area contributed by atoms with E-state index in [4.69, 9.17) is 10.00 Å². The average Bonchev–Trinajstić information content (AvgIpc) is 2.61. The standard InChI is InChI=1S/C19H22N2O2/c1-23-19-13-17(14-20)7-8-18(19)15-21(11-12-22)10-9-16-5-3-2-4-6-16/h2-8,13,22H,9-12,15H2,1H3. The van der Waals surface area contributed by atoms with Crippen molar-refractivity contribution in [3.8, 4) is 11.8 Å². The van der Waals surface area contributed by atoms with E-state index in [0.717, 1.165) is 18.5 Å². The predicted octanol–water partition coefficient (Wildman–Crippen LogP) is 2.60. The minimum atomic E-state index is 0.118. The maximum absolute atomic E-state index is 9.30. The minimum absolute atomic E-state index is 0.118. The molecule has 0 saturated heterocycles. The van der Waals surface area contributed by atoms with Gasteiger partial charge < -0.3 is 9.84 Å². The van der Waals surface area contributed by atoms with Gasteiger partial charge in [-0.05, 0) is 24.1 Å². The van der Waals surface area contributed by atoms with Crippen molar-refractivity contribution in [1.29, 1.82) is 5.26 Å². The Morgan fingerprint density at radius 1 is 1.13 bits per heavy atom. The molecule has 1 N–H and O–H groups in total. The Bertz CT molecular complexity index is 650. The zero-order valence-electron chi connectivity index (χ0n) is 13.4. The van der Waals surface area contributed by atoms with Crippen LogP contribution in [-0.2, 0) is 13.0 Å². The summed E-state index contributed by atoms with van der Waals surface area (Å²) >= 11 is 0. The summed E-state index contributed by atoms with van der Waals surface area (Å²) in [6.45, 7) is 2.26. The molecule has 0 bridgehead atoms. The number of hydrogen-bond acceptors (Lipinski definition) is 4. The number of ether oxygens (including phenoxy) is 1. The highest BCUT2D eigenvalue weighted by molar-refractivity contribution is 5.42. The molecule has 120 valence electrons. The lowest BCUT2D eigenvalue weighted by Gasteiger charge is -2.22. The lowest BCUT2D eigenvalue weighted by atomic mass is 10.1. The second kappa shape index (κ2) is 8.94. The molecule has 0 atom stereocenters. The summed E-state index contributed by atoms with van der Waals surface area (Å²) in [5.74, 6) is 0.715. The zero-order chi connectivity index (χ0) is 16.5. The number of rotatable bonds is 8. The highest BCUT2D eigenvalue weighted by Gasteiger charge is 2.10. The molecule has 0 spiro atoms. The van der Waals surface area contributed by atoms with Crippen LogP contribution < -0.4 is 4.74 Å². The molecule has 0 radical (unpaired) electrons. The van der Waals surface area contributed by atoms with Crippen molar-refractivity contribution in [2.75, 3.05) is 26.8 Å². The summed E-state index contributed by atoms with van der Waals surface area (Å²) in [5, 5.41) is 18.3. The first-order valence-corrected chi connectivity index (χ1v) is 7.71. The van der Waals surface area contributed by atoms with Crippen LogP contribution >= 0.6 is 0 Å². The highest BCUT2D eigenvalue weighted by Crippen LogP contribution is 2.21. The molecular formula is C19H22N2O2. The molecule has 4 nitrogen and oxygen atoms in total. The lowest BCUT2D eigenvalue weighted by Crippen LogP contribution is -2.29. The average molecular weight is 310 g/mol. The Morgan fingerprint density at radius 2 is 1.91 bits per heavy atom. The summed E-state index contributed by atoms with van der Waals surface area (Å²) in [4.78, 5) is 2.19. The molecule has 4 heteroatoms. The molecule has 0 unspecified atom stereocenters. The van der Waals surface area contributed by atoms with Crippen molar-refractivity contribution < 1.29 is 9.84 Å². The Hall–Kier alpha value is -2.35. The van der Waals surface area contributed by atoms with Gasteiger partial charge in [-0.1, -0.05) is 36.4 Å². The van der Waals surface area contributed by atoms with Gasteiger partial charge in [-0.25, -0.2) is 0 Å². The van der Waals surface area contributed by atoms with E-state index in [1.165, 1.54) is 5.56 Å². The van der Waals surface area contributed by atoms with Crippen molar-refractivity contribution in [3.63, 3.8) is 0 Å². The number of nitriles is 1. The minimum Gasteiger partial charge on any atom is -0.496 e. The van der Waals surface area contributed by atoms with E-state index in [1.54, 1.807) is 19.2 Å². The molecule has 0 aliphatic heterocycles. The fourth-order valence-electron chi connectivity index (χ4n) is 2.53. The summed E-state index contributed by atoms with van der Waals surface area (Å²) in [7, 11) is 1.61. The fraction of sp³-hybridized carbons (Fsp3) is 0.316. The number of aliphatic hydroxyl groups excluding tert-OH is 1. The zero-order valence-corrected chi connectivity index (χ0v) is 13.4. The van der Waals surface area contributed by atoms with E-state index in [1.807, 2.05) is 24.3 Å². The SMILES string of the molecule is COc1cc(C#N)ccc1CN(CCO)CCc1ccccc1. The second-order valence-electron chi connectivity index (χ2n) is 5.37. The van der Waals surface area contributed by atoms with E-state index >= 15 is 0 Å². The molecule has 0 amide bonds. The van der Waals surface area contributed by atoms with Gasteiger partial charge in [0.05, 0.1) is 25.3 Å². The fourth-order valence-corrected chi connectivity index (χ4v) is 2.53. The van der Waals surface area contributed by atoms with Crippen LogP contribution in [0.5, 0.6) is 5.75 Å². The number of methoxy groups -OCH3 is 1. The van der Waals surface area contributed by atoms with Gasteiger partial charge in [-0.3, -0.25) is 4.90 Å². The van der Waals surface area contributed by atoms with E-state index in [0.29, 0.717) is 24.4 Å². The smallest absolute Gasteiger partial charge is 0.124 e. The molecule has 23 heavy (non-hydrogen) atoms. The van der Waals surface area contributed by atoms with Crippen molar-refractivity contribution in [3.05, 3.63) is 65.2 Å². The van der Waals surface area contributed by atoms with Gasteiger partial charge in [0.15, 0.2) is 0 Å². The van der Waals surface area contributed by atoms with Crippen LogP contribution in [0.3, 0.4) is 0 Å². The summed E-state index contributed by atoms with van der Waals surface area (Å²) in [6, 6.07) is 17.9. The van der Waals surface area contributed by atoms with Gasteiger partial charge in [0.2, 0.25) is 0 Å². The van der Waals surface area contributed by atoms with Crippen LogP contribution in [0.2, 0.25) is 0 Å². The van der Waals surface area contributed by atoms with Gasteiger partial charge >= 0.3 is 0 Å². The largest absolute Gasteiger partial charge is 0.496 e. The van der Waals surface area contributed by atoms with Crippen molar-refractivity contribution in [1.82, 2.24) is 4.90 Å². The molecule has 0 heterocycles. The van der Waals surface area contributed by atoms with Crippen molar-refractivity contribution >= 4 is 0 Å². The van der Waals surface area contributed by atoms with Gasteiger partial charge in [0, 0.05) is 25.2 Å². The topological polar surface area (TPSA) is 56.5 Å². The molecule has 0 aliphatic carbocycles. The number of aliphatic hydroxyl groups is 1. The molecule has 2 rings (SSSR count). The summed E-state index contributed by atoms with van der Waals surface area (Å²) in [5.41, 5.74) is 2.89. The molecule has 0 saturated carbocycles. The quantitative estimate of drug-likeness (QED) is 0.814. The third-order valence-corrected chi connectivity index (χ3v) is 3.79. The van der Waals surface area contributed by atoms with Crippen LogP contribution in [0.4, 0.5) is 0 Å². The number of benzene rings is 2. The number of nitrogens with zero attached hydrogens (tertiary/aromatic N) is 2. The summed E-state index contributed by atoms with van der Waals surface area (Å²) in [6.07, 6.45) is 0.930. The van der Waals surface area contributed by atoms with Gasteiger partial charge in [-0.2, -0.15) is 5.26 Å². The van der Waals surface area contributed by atoms with E-state index in [9.17, 15) is 5.11 Å². The third kappa shape index (κ3) is 5.10. The first kappa shape index (κ1) is 17.0. The normalized spacial score (nSPS) is 10.5. The second-order valence-corrected chi connectivity index (χ2v) is 5.37. The first-order chi connectivity index (χ1) is 11.3. The van der Waals surface area contributed by atoms with Gasteiger partial charge in [0.1, 0.15) is 5.75 Å². The Kier molecular flexibility index (Phi) is 6.61. The number of hydrogen-bond donors (Lipinski definition) is 1. The molecule has 2 aromatic carbocycles. The molecule has 0 aliphatic rings. The van der Waals surface area contributed by atoms with Crippen molar-refractivity contribution in [2.45, 2.75) is 13.0 Å². The molecule has 0 aromatic heterocycles. The Morgan fingerprint density at radius 3 is 2.57 bits per heavy atom. The Labute approximate surface area is 137 Å². The highest BCUT2D eigenvalue weighted by atomic mass is 16.5. The molecule has 2 aromatic rings. The maximum atomic E-state index is 9.30. The van der Waals surface area contributed by atoms with Crippen LogP contribution in [0.25, 0.3) is 0 Å². The van der Waals surface area contributed by atoms with Gasteiger partial charge in [0.25, 0.3) is 0 Å². The molecular weight excluding hydrogens is 288 g/mol. The van der Waals surface area contributed by atoms with Gasteiger partial charge in [-0.15, -0.1) is 0 Å². The Balaban J connectivity index is 2.05. The van der Waals surface area contributed by atoms with E-state index < -0.39 is 0 Å².